The van der Waals surface area contributed by atoms with Gasteiger partial charge in [0.25, 0.3) is 5.69 Å². The van der Waals surface area contributed by atoms with Crippen molar-refractivity contribution in [2.75, 3.05) is 0 Å². The van der Waals surface area contributed by atoms with Crippen LogP contribution in [0, 0.1) is 10.1 Å². The molecule has 2 rings (SSSR count). The summed E-state index contributed by atoms with van der Waals surface area (Å²) in [5.74, 6) is 0. The molecule has 2 aromatic rings. The molecule has 0 spiro atoms. The Morgan fingerprint density at radius 1 is 1.33 bits per heavy atom. The highest BCUT2D eigenvalue weighted by atomic mass is 16.6. The summed E-state index contributed by atoms with van der Waals surface area (Å²) in [6.45, 7) is 7.17. The van der Waals surface area contributed by atoms with E-state index in [-0.39, 0.29) is 16.1 Å². The number of nitro benzene ring substituents is 1. The van der Waals surface area contributed by atoms with E-state index in [9.17, 15) is 10.1 Å². The number of nitrogens with one attached hydrogen (secondary N) is 1. The van der Waals surface area contributed by atoms with E-state index >= 15 is 0 Å². The van der Waals surface area contributed by atoms with Crippen LogP contribution in [-0.2, 0) is 13.1 Å². The third-order valence-corrected chi connectivity index (χ3v) is 2.91. The third kappa shape index (κ3) is 4.35. The van der Waals surface area contributed by atoms with Gasteiger partial charge in [0.15, 0.2) is 0 Å². The lowest BCUT2D eigenvalue weighted by Crippen LogP contribution is -2.35. The maximum Gasteiger partial charge on any atom is 0.274 e. The van der Waals surface area contributed by atoms with Gasteiger partial charge in [-0.3, -0.25) is 10.1 Å². The predicted octanol–water partition coefficient (Wildman–Crippen LogP) is 2.12. The molecule has 0 aliphatic heterocycles. The second-order valence-electron chi connectivity index (χ2n) is 5.90. The summed E-state index contributed by atoms with van der Waals surface area (Å²) in [7, 11) is 0. The van der Waals surface area contributed by atoms with Gasteiger partial charge in [-0.15, -0.1) is 5.10 Å². The van der Waals surface area contributed by atoms with E-state index in [0.29, 0.717) is 18.7 Å². The number of hydrogen-bond acceptors (Lipinski definition) is 5. The van der Waals surface area contributed by atoms with Crippen LogP contribution in [0.4, 0.5) is 5.69 Å². The fraction of sp³-hybridized carbons (Fsp3) is 0.429. The molecule has 1 aromatic heterocycles. The summed E-state index contributed by atoms with van der Waals surface area (Å²) >= 11 is 0. The van der Waals surface area contributed by atoms with Crippen molar-refractivity contribution in [1.82, 2.24) is 20.3 Å². The number of benzene rings is 1. The maximum atomic E-state index is 11.0. The monoisotopic (exact) mass is 289 g/mol. The fourth-order valence-corrected chi connectivity index (χ4v) is 1.85. The van der Waals surface area contributed by atoms with E-state index in [1.54, 1.807) is 29.1 Å². The molecule has 0 amide bonds. The van der Waals surface area contributed by atoms with Gasteiger partial charge in [0, 0.05) is 18.2 Å². The second kappa shape index (κ2) is 6.01. The number of nitro groups is 1. The van der Waals surface area contributed by atoms with E-state index in [4.69, 9.17) is 0 Å². The van der Waals surface area contributed by atoms with Gasteiger partial charge in [0.1, 0.15) is 0 Å². The molecular weight excluding hydrogens is 270 g/mol. The van der Waals surface area contributed by atoms with Gasteiger partial charge < -0.3 is 5.32 Å². The minimum atomic E-state index is -0.381. The van der Waals surface area contributed by atoms with Crippen LogP contribution in [0.25, 0.3) is 0 Å². The quantitative estimate of drug-likeness (QED) is 0.673. The van der Waals surface area contributed by atoms with Crippen LogP contribution in [0.5, 0.6) is 0 Å². The number of hydrogen-bond donors (Lipinski definition) is 1. The van der Waals surface area contributed by atoms with Gasteiger partial charge >= 0.3 is 0 Å². The highest BCUT2D eigenvalue weighted by molar-refractivity contribution is 5.39. The van der Waals surface area contributed by atoms with Crippen LogP contribution in [-0.4, -0.2) is 25.5 Å². The Labute approximate surface area is 123 Å². The van der Waals surface area contributed by atoms with E-state index in [1.807, 2.05) is 0 Å². The minimum Gasteiger partial charge on any atom is -0.306 e. The number of aromatic nitrogens is 3. The van der Waals surface area contributed by atoms with Gasteiger partial charge in [-0.1, -0.05) is 23.4 Å². The first-order valence-corrected chi connectivity index (χ1v) is 6.71. The molecule has 0 bridgehead atoms. The average Bonchev–Trinajstić information content (AvgIpc) is 2.84. The Bertz CT molecular complexity index is 630. The van der Waals surface area contributed by atoms with E-state index < -0.39 is 0 Å². The highest BCUT2D eigenvalue weighted by Crippen LogP contribution is 2.18. The molecule has 0 fully saturated rings. The standard InChI is InChI=1S/C14H19N5O2/c1-14(2,3)15-8-12-10-18(17-16-12)9-11-6-4-5-7-13(11)19(20)21/h4-7,10,15H,8-9H2,1-3H3. The molecule has 0 unspecified atom stereocenters. The molecule has 0 aliphatic carbocycles. The molecule has 1 N–H and O–H groups in total. The molecule has 0 saturated carbocycles. The normalized spacial score (nSPS) is 11.6. The van der Waals surface area contributed by atoms with Crippen molar-refractivity contribution in [2.24, 2.45) is 0 Å². The van der Waals surface area contributed by atoms with Crippen LogP contribution >= 0.6 is 0 Å². The maximum absolute atomic E-state index is 11.0. The van der Waals surface area contributed by atoms with Gasteiger partial charge in [0.2, 0.25) is 0 Å². The Balaban J connectivity index is 2.08. The van der Waals surface area contributed by atoms with Gasteiger partial charge in [-0.05, 0) is 20.8 Å². The molecule has 112 valence electrons. The number of rotatable bonds is 5. The zero-order valence-corrected chi connectivity index (χ0v) is 12.4. The van der Waals surface area contributed by atoms with Crippen molar-refractivity contribution in [3.63, 3.8) is 0 Å². The van der Waals surface area contributed by atoms with Crippen molar-refractivity contribution in [3.05, 3.63) is 51.8 Å². The second-order valence-corrected chi connectivity index (χ2v) is 5.90. The Morgan fingerprint density at radius 3 is 2.71 bits per heavy atom. The van der Waals surface area contributed by atoms with Gasteiger partial charge in [-0.25, -0.2) is 4.68 Å². The van der Waals surface area contributed by atoms with Gasteiger partial charge in [-0.2, -0.15) is 0 Å². The molecule has 7 heteroatoms. The molecule has 0 atom stereocenters. The van der Waals surface area contributed by atoms with Crippen LogP contribution in [0.15, 0.2) is 30.5 Å². The summed E-state index contributed by atoms with van der Waals surface area (Å²) in [4.78, 5) is 10.6. The Hall–Kier alpha value is -2.28. The molecular formula is C14H19N5O2. The third-order valence-electron chi connectivity index (χ3n) is 2.91. The largest absolute Gasteiger partial charge is 0.306 e. The van der Waals surface area contributed by atoms with Crippen molar-refractivity contribution >= 4 is 5.69 Å². The van der Waals surface area contributed by atoms with Crippen molar-refractivity contribution in [2.45, 2.75) is 39.4 Å². The number of nitrogens with zero attached hydrogens (tertiary/aromatic N) is 4. The minimum absolute atomic E-state index is 0.00198. The predicted molar refractivity (Wildman–Crippen MR) is 78.8 cm³/mol. The van der Waals surface area contributed by atoms with Crippen LogP contribution in [0.3, 0.4) is 0 Å². The molecule has 0 aliphatic rings. The first-order valence-electron chi connectivity index (χ1n) is 6.71. The fourth-order valence-electron chi connectivity index (χ4n) is 1.85. The van der Waals surface area contributed by atoms with Crippen LogP contribution in [0.2, 0.25) is 0 Å². The van der Waals surface area contributed by atoms with Crippen LogP contribution < -0.4 is 5.32 Å². The lowest BCUT2D eigenvalue weighted by atomic mass is 10.1. The first-order chi connectivity index (χ1) is 9.85. The van der Waals surface area contributed by atoms with Crippen molar-refractivity contribution in [3.8, 4) is 0 Å². The molecule has 7 nitrogen and oxygen atoms in total. The Morgan fingerprint density at radius 2 is 2.05 bits per heavy atom. The molecule has 1 aromatic carbocycles. The molecule has 0 saturated heterocycles. The van der Waals surface area contributed by atoms with Crippen molar-refractivity contribution < 1.29 is 4.92 Å². The summed E-state index contributed by atoms with van der Waals surface area (Å²) < 4.78 is 1.61. The zero-order chi connectivity index (χ0) is 15.5. The van der Waals surface area contributed by atoms with E-state index in [2.05, 4.69) is 36.4 Å². The SMILES string of the molecule is CC(C)(C)NCc1cn(Cc2ccccc2[N+](=O)[O-])nn1. The summed E-state index contributed by atoms with van der Waals surface area (Å²) in [5, 5.41) is 22.4. The molecule has 0 radical (unpaired) electrons. The molecule has 1 heterocycles. The van der Waals surface area contributed by atoms with Crippen LogP contribution in [0.1, 0.15) is 32.0 Å². The molecule has 21 heavy (non-hydrogen) atoms. The Kier molecular flexibility index (Phi) is 4.32. The highest BCUT2D eigenvalue weighted by Gasteiger charge is 2.14. The summed E-state index contributed by atoms with van der Waals surface area (Å²) in [6, 6.07) is 6.66. The summed E-state index contributed by atoms with van der Waals surface area (Å²) in [6.07, 6.45) is 1.80. The lowest BCUT2D eigenvalue weighted by molar-refractivity contribution is -0.385. The van der Waals surface area contributed by atoms with Crippen molar-refractivity contribution in [1.29, 1.82) is 0 Å². The van der Waals surface area contributed by atoms with E-state index in [0.717, 1.165) is 5.69 Å². The van der Waals surface area contributed by atoms with Gasteiger partial charge in [0.05, 0.1) is 28.9 Å². The lowest BCUT2D eigenvalue weighted by Gasteiger charge is -2.19. The number of para-hydroxylation sites is 1. The average molecular weight is 289 g/mol. The summed E-state index contributed by atoms with van der Waals surface area (Å²) in [5.41, 5.74) is 1.52. The zero-order valence-electron chi connectivity index (χ0n) is 12.4. The first kappa shape index (κ1) is 15.1. The van der Waals surface area contributed by atoms with E-state index in [1.165, 1.54) is 6.07 Å². The smallest absolute Gasteiger partial charge is 0.274 e. The topological polar surface area (TPSA) is 85.9 Å².